The van der Waals surface area contributed by atoms with Gasteiger partial charge >= 0.3 is 0 Å². The summed E-state index contributed by atoms with van der Waals surface area (Å²) in [4.78, 5) is 7.38. The van der Waals surface area contributed by atoms with Crippen LogP contribution in [0.2, 0.25) is 0 Å². The number of methoxy groups -OCH3 is 1. The molecule has 0 aliphatic carbocycles. The number of aromatic nitrogens is 1. The molecule has 0 aromatic carbocycles. The van der Waals surface area contributed by atoms with Gasteiger partial charge in [-0.25, -0.2) is 4.85 Å². The fourth-order valence-corrected chi connectivity index (χ4v) is 0.910. The summed E-state index contributed by atoms with van der Waals surface area (Å²) in [7, 11) is 1.58. The lowest BCUT2D eigenvalue weighted by molar-refractivity contribution is 0.341. The quantitative estimate of drug-likeness (QED) is 0.508. The second-order valence-corrected chi connectivity index (χ2v) is 2.52. The van der Waals surface area contributed by atoms with E-state index in [2.05, 4.69) is 9.83 Å². The van der Waals surface area contributed by atoms with Crippen LogP contribution in [0.4, 0.5) is 5.69 Å². The van der Waals surface area contributed by atoms with Crippen molar-refractivity contribution in [1.29, 1.82) is 0 Å². The third-order valence-electron chi connectivity index (χ3n) is 1.62. The molecule has 0 bridgehead atoms. The molecule has 1 heterocycles. The molecule has 3 nitrogen and oxygen atoms in total. The van der Waals surface area contributed by atoms with Gasteiger partial charge in [-0.15, -0.1) is 0 Å². The number of pyridine rings is 1. The van der Waals surface area contributed by atoms with Crippen LogP contribution in [0.25, 0.3) is 10.9 Å². The molecule has 0 saturated heterocycles. The number of ether oxygens (including phenoxy) is 1. The van der Waals surface area contributed by atoms with Crippen LogP contribution in [0.3, 0.4) is 0 Å². The molecule has 0 spiro atoms. The van der Waals surface area contributed by atoms with Crippen LogP contribution in [0, 0.1) is 13.5 Å². The Balaban J connectivity index is 3.06. The van der Waals surface area contributed by atoms with Crippen LogP contribution in [0.1, 0.15) is 11.3 Å². The standard InChI is InChI=1S/C10H10N2O/c1-8-9(4-5-13-3)6-10(11-2)7-12-8/h4-7H,1,3H3/b5-4+. The molecule has 0 atom stereocenters. The molecule has 1 aromatic heterocycles. The fourth-order valence-electron chi connectivity index (χ4n) is 0.910. The zero-order valence-corrected chi connectivity index (χ0v) is 7.61. The van der Waals surface area contributed by atoms with Crippen molar-refractivity contribution in [3.8, 4) is 0 Å². The smallest absolute Gasteiger partial charge is 0.205 e. The van der Waals surface area contributed by atoms with Gasteiger partial charge in [-0.1, -0.05) is 0 Å². The Hall–Kier alpha value is -1.82. The normalized spacial score (nSPS) is 9.92. The van der Waals surface area contributed by atoms with Gasteiger partial charge < -0.3 is 4.74 Å². The van der Waals surface area contributed by atoms with E-state index in [1.54, 1.807) is 31.7 Å². The lowest BCUT2D eigenvalue weighted by atomic mass is 10.2. The molecule has 66 valence electrons. The van der Waals surface area contributed by atoms with Gasteiger partial charge in [0.2, 0.25) is 5.69 Å². The highest BCUT2D eigenvalue weighted by atomic mass is 16.5. The molecule has 0 saturated carbocycles. The molecular weight excluding hydrogens is 164 g/mol. The first-order valence-electron chi connectivity index (χ1n) is 3.81. The van der Waals surface area contributed by atoms with Gasteiger partial charge in [0, 0.05) is 11.9 Å². The first kappa shape index (κ1) is 9.27. The Bertz CT molecular complexity index is 364. The lowest BCUT2D eigenvalue weighted by Crippen LogP contribution is -1.84. The zero-order chi connectivity index (χ0) is 9.68. The molecule has 0 unspecified atom stereocenters. The van der Waals surface area contributed by atoms with Gasteiger partial charge in [0.15, 0.2) is 0 Å². The summed E-state index contributed by atoms with van der Waals surface area (Å²) in [5, 5.41) is 0. The summed E-state index contributed by atoms with van der Waals surface area (Å²) >= 11 is 0. The minimum Gasteiger partial charge on any atom is -0.504 e. The highest BCUT2D eigenvalue weighted by molar-refractivity contribution is 5.57. The maximum Gasteiger partial charge on any atom is 0.205 e. The van der Waals surface area contributed by atoms with E-state index >= 15 is 0 Å². The largest absolute Gasteiger partial charge is 0.504 e. The van der Waals surface area contributed by atoms with E-state index in [4.69, 9.17) is 11.3 Å². The van der Waals surface area contributed by atoms with Crippen molar-refractivity contribution in [1.82, 2.24) is 4.98 Å². The van der Waals surface area contributed by atoms with Crippen molar-refractivity contribution in [2.45, 2.75) is 6.92 Å². The monoisotopic (exact) mass is 174 g/mol. The van der Waals surface area contributed by atoms with Crippen LogP contribution >= 0.6 is 0 Å². The van der Waals surface area contributed by atoms with E-state index in [-0.39, 0.29) is 0 Å². The van der Waals surface area contributed by atoms with Crippen LogP contribution in [0.15, 0.2) is 18.5 Å². The van der Waals surface area contributed by atoms with E-state index in [9.17, 15) is 0 Å². The van der Waals surface area contributed by atoms with Gasteiger partial charge in [-0.2, -0.15) is 0 Å². The molecule has 13 heavy (non-hydrogen) atoms. The highest BCUT2D eigenvalue weighted by Crippen LogP contribution is 2.16. The van der Waals surface area contributed by atoms with Crippen LogP contribution in [0.5, 0.6) is 0 Å². The van der Waals surface area contributed by atoms with Crippen LogP contribution < -0.4 is 0 Å². The molecule has 0 amide bonds. The summed E-state index contributed by atoms with van der Waals surface area (Å²) in [5.41, 5.74) is 2.34. The Labute approximate surface area is 77.5 Å². The van der Waals surface area contributed by atoms with E-state index in [1.165, 1.54) is 0 Å². The fraction of sp³-hybridized carbons (Fsp3) is 0.200. The Morgan fingerprint density at radius 1 is 1.62 bits per heavy atom. The van der Waals surface area contributed by atoms with Gasteiger partial charge in [-0.05, 0) is 24.6 Å². The zero-order valence-electron chi connectivity index (χ0n) is 7.61. The third kappa shape index (κ3) is 2.31. The summed E-state index contributed by atoms with van der Waals surface area (Å²) in [6, 6.07) is 1.78. The van der Waals surface area contributed by atoms with Gasteiger partial charge in [0.05, 0.1) is 19.9 Å². The maximum absolute atomic E-state index is 6.82. The number of nitrogens with zero attached hydrogens (tertiary/aromatic N) is 2. The summed E-state index contributed by atoms with van der Waals surface area (Å²) in [5.74, 6) is 0. The van der Waals surface area contributed by atoms with Crippen molar-refractivity contribution in [2.24, 2.45) is 0 Å². The Morgan fingerprint density at radius 2 is 2.38 bits per heavy atom. The minimum absolute atomic E-state index is 0.543. The van der Waals surface area contributed by atoms with E-state index < -0.39 is 0 Å². The van der Waals surface area contributed by atoms with Crippen molar-refractivity contribution >= 4 is 11.8 Å². The molecule has 0 radical (unpaired) electrons. The van der Waals surface area contributed by atoms with Crippen molar-refractivity contribution in [3.63, 3.8) is 0 Å². The van der Waals surface area contributed by atoms with Crippen LogP contribution in [-0.2, 0) is 4.74 Å². The average Bonchev–Trinajstić information content (AvgIpc) is 2.17. The van der Waals surface area contributed by atoms with E-state index in [1.807, 2.05) is 6.92 Å². The van der Waals surface area contributed by atoms with Crippen molar-refractivity contribution in [2.75, 3.05) is 7.11 Å². The summed E-state index contributed by atoms with van der Waals surface area (Å²) in [6.07, 6.45) is 4.92. The summed E-state index contributed by atoms with van der Waals surface area (Å²) in [6.45, 7) is 8.71. The molecule has 0 N–H and O–H groups in total. The van der Waals surface area contributed by atoms with Gasteiger partial charge in [0.1, 0.15) is 0 Å². The number of rotatable bonds is 2. The number of aryl methyl sites for hydroxylation is 1. The first-order chi connectivity index (χ1) is 6.27. The van der Waals surface area contributed by atoms with E-state index in [0.717, 1.165) is 11.3 Å². The molecule has 1 aromatic rings. The van der Waals surface area contributed by atoms with Gasteiger partial charge in [0.25, 0.3) is 0 Å². The highest BCUT2D eigenvalue weighted by Gasteiger charge is 1.97. The maximum atomic E-state index is 6.82. The second-order valence-electron chi connectivity index (χ2n) is 2.52. The third-order valence-corrected chi connectivity index (χ3v) is 1.62. The molecular formula is C10H10N2O. The summed E-state index contributed by atoms with van der Waals surface area (Å²) < 4.78 is 4.79. The van der Waals surface area contributed by atoms with E-state index in [0.29, 0.717) is 5.69 Å². The van der Waals surface area contributed by atoms with Crippen LogP contribution in [-0.4, -0.2) is 12.1 Å². The number of hydrogen-bond acceptors (Lipinski definition) is 2. The molecule has 0 aliphatic heterocycles. The first-order valence-corrected chi connectivity index (χ1v) is 3.81. The predicted octanol–water partition coefficient (Wildman–Crippen LogP) is 2.56. The molecule has 3 heteroatoms. The topological polar surface area (TPSA) is 26.5 Å². The Kier molecular flexibility index (Phi) is 3.04. The second kappa shape index (κ2) is 4.27. The Morgan fingerprint density at radius 3 is 3.00 bits per heavy atom. The SMILES string of the molecule is [C-]#[N+]c1cnc(C)c(/C=C/OC)c1. The predicted molar refractivity (Wildman–Crippen MR) is 51.3 cm³/mol. The number of hydrogen-bond donors (Lipinski definition) is 0. The molecule has 0 fully saturated rings. The lowest BCUT2D eigenvalue weighted by Gasteiger charge is -1.98. The van der Waals surface area contributed by atoms with Crippen molar-refractivity contribution < 1.29 is 4.74 Å². The van der Waals surface area contributed by atoms with Gasteiger partial charge in [-0.3, -0.25) is 4.98 Å². The molecule has 0 aliphatic rings. The average molecular weight is 174 g/mol. The minimum atomic E-state index is 0.543. The van der Waals surface area contributed by atoms with Crippen molar-refractivity contribution in [3.05, 3.63) is 41.2 Å². The molecule has 1 rings (SSSR count).